The van der Waals surface area contributed by atoms with Gasteiger partial charge in [-0.2, -0.15) is 0 Å². The van der Waals surface area contributed by atoms with Crippen molar-refractivity contribution < 1.29 is 8.91 Å². The molecule has 4 aliphatic rings. The van der Waals surface area contributed by atoms with Gasteiger partial charge in [-0.15, -0.1) is 0 Å². The van der Waals surface area contributed by atoms with Gasteiger partial charge in [0.15, 0.2) is 16.6 Å². The summed E-state index contributed by atoms with van der Waals surface area (Å²) in [5, 5.41) is 0. The molecule has 29 heavy (non-hydrogen) atoms. The molecule has 1 unspecified atom stereocenters. The Hall–Kier alpha value is -0.456. The Balaban J connectivity index is 0.000000229. The highest BCUT2D eigenvalue weighted by atomic mass is 28.4. The van der Waals surface area contributed by atoms with Crippen molar-refractivity contribution in [1.82, 2.24) is 0 Å². The van der Waals surface area contributed by atoms with Crippen LogP contribution < -0.4 is 0 Å². The zero-order chi connectivity index (χ0) is 21.7. The number of Topliss-reactive ketones (excluding diaryl/α,β-unsaturated/α-hetero) is 1. The van der Waals surface area contributed by atoms with Gasteiger partial charge in [0.2, 0.25) is 0 Å². The normalized spacial score (nSPS) is 39.0. The number of allylic oxidation sites excluding steroid dienone is 4. The molecule has 5 atom stereocenters. The zero-order valence-corrected chi connectivity index (χ0v) is 22.2. The lowest BCUT2D eigenvalue weighted by Crippen LogP contribution is -2.53. The minimum Gasteiger partial charge on any atom is -0.456 e. The third-order valence-electron chi connectivity index (χ3n) is 7.82. The van der Waals surface area contributed by atoms with Gasteiger partial charge in [0.25, 0.3) is 0 Å². The van der Waals surface area contributed by atoms with Crippen molar-refractivity contribution in [3.63, 3.8) is 0 Å². The summed E-state index contributed by atoms with van der Waals surface area (Å²) in [6, 6.07) is 0. The van der Waals surface area contributed by atoms with E-state index in [-0.39, 0.29) is 11.3 Å². The Morgan fingerprint density at radius 3 is 2.21 bits per heavy atom. The van der Waals surface area contributed by atoms with Crippen LogP contribution in [-0.4, -0.2) is 22.4 Å². The average molecular weight is 433 g/mol. The Labute approximate surface area is 181 Å². The summed E-state index contributed by atoms with van der Waals surface area (Å²) in [5.74, 6) is 2.08. The van der Waals surface area contributed by atoms with Crippen LogP contribution in [0.4, 0.5) is 0 Å². The molecule has 0 amide bonds. The lowest BCUT2D eigenvalue weighted by atomic mass is 9.46. The molecule has 4 rings (SSSR count). The first kappa shape index (κ1) is 23.2. The highest BCUT2D eigenvalue weighted by molar-refractivity contribution is 6.83. The van der Waals surface area contributed by atoms with Gasteiger partial charge < -0.3 is 4.12 Å². The van der Waals surface area contributed by atoms with Crippen molar-refractivity contribution in [3.8, 4) is 0 Å². The Morgan fingerprint density at radius 2 is 1.62 bits per heavy atom. The minimum atomic E-state index is -1.23. The number of carbonyl (C=O) groups is 1. The molecule has 0 N–H and O–H groups in total. The van der Waals surface area contributed by atoms with E-state index in [4.69, 9.17) is 4.12 Å². The third-order valence-corrected chi connectivity index (χ3v) is 12.7. The number of ketones is 1. The van der Waals surface area contributed by atoms with Crippen molar-refractivity contribution >= 4 is 22.4 Å². The zero-order valence-electron chi connectivity index (χ0n) is 20.2. The molecule has 3 fully saturated rings. The molecule has 0 aromatic heterocycles. The van der Waals surface area contributed by atoms with Crippen LogP contribution in [0.25, 0.3) is 0 Å². The quantitative estimate of drug-likeness (QED) is 0.426. The van der Waals surface area contributed by atoms with Crippen LogP contribution in [0.1, 0.15) is 58.8 Å². The highest BCUT2D eigenvalue weighted by Gasteiger charge is 2.57. The number of hydrogen-bond donors (Lipinski definition) is 0. The smallest absolute Gasteiger partial charge is 0.170 e. The number of fused-ring (bicyclic) bond motifs is 5. The molecule has 0 aromatic carbocycles. The summed E-state index contributed by atoms with van der Waals surface area (Å²) in [5.41, 5.74) is 2.07. The summed E-state index contributed by atoms with van der Waals surface area (Å²) in [6.07, 6.45) is 15.5. The summed E-state index contributed by atoms with van der Waals surface area (Å²) in [4.78, 5) is 12.8. The molecule has 0 saturated heterocycles. The Kier molecular flexibility index (Phi) is 6.33. The van der Waals surface area contributed by atoms with Crippen LogP contribution in [-0.2, 0) is 8.91 Å². The fourth-order valence-corrected chi connectivity index (χ4v) is 14.2. The second kappa shape index (κ2) is 7.91. The van der Waals surface area contributed by atoms with Crippen molar-refractivity contribution in [2.75, 3.05) is 0 Å². The molecular formula is C25H44O2Si2. The first-order chi connectivity index (χ1) is 13.3. The van der Waals surface area contributed by atoms with E-state index in [1.54, 1.807) is 0 Å². The second-order valence-corrected chi connectivity index (χ2v) is 21.7. The topological polar surface area (TPSA) is 26.3 Å². The molecule has 0 aliphatic heterocycles. The van der Waals surface area contributed by atoms with Gasteiger partial charge in [0.1, 0.15) is 5.78 Å². The molecule has 0 spiro atoms. The molecule has 0 bridgehead atoms. The van der Waals surface area contributed by atoms with Crippen molar-refractivity contribution in [3.05, 3.63) is 23.8 Å². The molecule has 164 valence electrons. The van der Waals surface area contributed by atoms with Gasteiger partial charge in [-0.25, -0.2) is 0 Å². The summed E-state index contributed by atoms with van der Waals surface area (Å²) in [7, 11) is -2.46. The van der Waals surface area contributed by atoms with Gasteiger partial charge in [-0.3, -0.25) is 4.79 Å². The van der Waals surface area contributed by atoms with E-state index in [0.29, 0.717) is 23.0 Å². The van der Waals surface area contributed by atoms with Crippen molar-refractivity contribution in [2.45, 2.75) is 98.1 Å². The van der Waals surface area contributed by atoms with Gasteiger partial charge in [-0.1, -0.05) is 44.9 Å². The third kappa shape index (κ3) is 4.90. The van der Waals surface area contributed by atoms with Gasteiger partial charge >= 0.3 is 0 Å². The van der Waals surface area contributed by atoms with Crippen LogP contribution in [0.15, 0.2) is 23.8 Å². The largest absolute Gasteiger partial charge is 0.456 e. The molecule has 0 radical (unpaired) electrons. The van der Waals surface area contributed by atoms with E-state index in [1.807, 2.05) is 0 Å². The molecule has 2 nitrogen and oxygen atoms in total. The van der Waals surface area contributed by atoms with Crippen molar-refractivity contribution in [1.29, 1.82) is 0 Å². The van der Waals surface area contributed by atoms with E-state index in [1.165, 1.54) is 44.1 Å². The standard InChI is InChI=1S/C19H26O.C6H18OSi2/c1-18-9-5-7-14(18)17-15(8-11-18)19(2)10-4-3-6-13(19)12-16(17)20;1-8(2,3)7-9(4,5)6/h5,7,9,13,15,17H,3-4,6,8,10-12H2,1-2H3;1-6H3/t13?,15-,17-,18-,19-;/m0./s1. The SMILES string of the molecule is C[C@@]12C=CC=C1[C@@H]1C(=O)CC3CCCC[C@]3(C)[C@H]1CC2.C[Si](C)(C)O[Si](C)(C)C. The summed E-state index contributed by atoms with van der Waals surface area (Å²) in [6.45, 7) is 18.3. The number of hydrogen-bond acceptors (Lipinski definition) is 2. The lowest BCUT2D eigenvalue weighted by Gasteiger charge is -2.57. The fourth-order valence-electron chi connectivity index (χ4n) is 6.83. The molecular weight excluding hydrogens is 388 g/mol. The van der Waals surface area contributed by atoms with Gasteiger partial charge in [0.05, 0.1) is 0 Å². The Bertz CT molecular complexity index is 685. The second-order valence-electron chi connectivity index (χ2n) is 12.5. The number of rotatable bonds is 2. The maximum Gasteiger partial charge on any atom is 0.170 e. The highest BCUT2D eigenvalue weighted by Crippen LogP contribution is 2.62. The molecule has 4 heteroatoms. The summed E-state index contributed by atoms with van der Waals surface area (Å²) < 4.78 is 5.90. The summed E-state index contributed by atoms with van der Waals surface area (Å²) >= 11 is 0. The minimum absolute atomic E-state index is 0.189. The van der Waals surface area contributed by atoms with Gasteiger partial charge in [-0.05, 0) is 87.8 Å². The van der Waals surface area contributed by atoms with E-state index in [9.17, 15) is 4.79 Å². The average Bonchev–Trinajstić information content (AvgIpc) is 2.94. The molecule has 0 heterocycles. The van der Waals surface area contributed by atoms with Crippen LogP contribution in [0.5, 0.6) is 0 Å². The Morgan fingerprint density at radius 1 is 0.966 bits per heavy atom. The lowest BCUT2D eigenvalue weighted by molar-refractivity contribution is -0.139. The van der Waals surface area contributed by atoms with Crippen LogP contribution in [0, 0.1) is 28.6 Å². The fraction of sp³-hybridized carbons (Fsp3) is 0.800. The molecule has 4 aliphatic carbocycles. The van der Waals surface area contributed by atoms with Crippen molar-refractivity contribution in [2.24, 2.45) is 28.6 Å². The van der Waals surface area contributed by atoms with Crippen LogP contribution >= 0.6 is 0 Å². The van der Waals surface area contributed by atoms with E-state index in [2.05, 4.69) is 71.4 Å². The van der Waals surface area contributed by atoms with Gasteiger partial charge in [0, 0.05) is 17.8 Å². The van der Waals surface area contributed by atoms with Crippen LogP contribution in [0.2, 0.25) is 39.3 Å². The monoisotopic (exact) mass is 432 g/mol. The van der Waals surface area contributed by atoms with E-state index < -0.39 is 16.6 Å². The molecule has 3 saturated carbocycles. The van der Waals surface area contributed by atoms with E-state index >= 15 is 0 Å². The predicted molar refractivity (Wildman–Crippen MR) is 129 cm³/mol. The molecule has 0 aromatic rings. The van der Waals surface area contributed by atoms with E-state index in [0.717, 1.165) is 6.42 Å². The number of carbonyl (C=O) groups excluding carboxylic acids is 1. The maximum absolute atomic E-state index is 12.8. The predicted octanol–water partition coefficient (Wildman–Crippen LogP) is 7.36. The first-order valence-electron chi connectivity index (χ1n) is 11.9. The first-order valence-corrected chi connectivity index (χ1v) is 18.7. The maximum atomic E-state index is 12.8. The van der Waals surface area contributed by atoms with Crippen LogP contribution in [0.3, 0.4) is 0 Å².